The van der Waals surface area contributed by atoms with Crippen molar-refractivity contribution in [2.75, 3.05) is 61.8 Å². The smallest absolute Gasteiger partial charge is 0.229 e. The van der Waals surface area contributed by atoms with Crippen LogP contribution < -0.4 is 27.0 Å². The van der Waals surface area contributed by atoms with Gasteiger partial charge in [0, 0.05) is 87.6 Å². The Morgan fingerprint density at radius 1 is 0.786 bits per heavy atom. The topological polar surface area (TPSA) is 170 Å². The number of pyridine rings is 1. The quantitative estimate of drug-likeness (QED) is 0.0436. The molecule has 0 saturated carbocycles. The normalized spacial score (nSPS) is 10.7. The molecule has 292 valence electrons. The van der Waals surface area contributed by atoms with E-state index in [0.717, 1.165) is 34.7 Å². The summed E-state index contributed by atoms with van der Waals surface area (Å²) in [6.07, 6.45) is 8.34. The van der Waals surface area contributed by atoms with Crippen LogP contribution in [0.3, 0.4) is 0 Å². The van der Waals surface area contributed by atoms with Crippen LogP contribution in [-0.4, -0.2) is 75.4 Å². The number of thiocarbonyl (C=S) groups is 1. The van der Waals surface area contributed by atoms with Gasteiger partial charge in [-0.15, -0.1) is 11.3 Å². The fraction of sp³-hybridized carbons (Fsp3) is 0.216. The molecule has 6 N–H and O–H groups in total. The first-order chi connectivity index (χ1) is 27.1. The summed E-state index contributed by atoms with van der Waals surface area (Å²) < 4.78 is 36.8. The van der Waals surface area contributed by atoms with E-state index in [4.69, 9.17) is 55.6 Å². The van der Waals surface area contributed by atoms with Crippen molar-refractivity contribution in [2.45, 2.75) is 12.8 Å². The van der Waals surface area contributed by atoms with Crippen LogP contribution in [0.4, 0.5) is 43.7 Å². The van der Waals surface area contributed by atoms with Gasteiger partial charge in [-0.05, 0) is 61.4 Å². The van der Waals surface area contributed by atoms with Gasteiger partial charge in [0.25, 0.3) is 0 Å². The fourth-order valence-corrected chi connectivity index (χ4v) is 6.15. The molecule has 0 saturated heterocycles. The zero-order valence-electron chi connectivity index (χ0n) is 30.2. The van der Waals surface area contributed by atoms with Gasteiger partial charge in [0.05, 0.1) is 26.9 Å². The molecule has 13 nitrogen and oxygen atoms in total. The lowest BCUT2D eigenvalue weighted by Gasteiger charge is -2.12. The van der Waals surface area contributed by atoms with E-state index in [9.17, 15) is 8.78 Å². The number of thiazole rings is 1. The zero-order valence-corrected chi connectivity index (χ0v) is 33.3. The summed E-state index contributed by atoms with van der Waals surface area (Å²) in [4.78, 5) is 26.6. The lowest BCUT2D eigenvalue weighted by Crippen LogP contribution is -2.17. The van der Waals surface area contributed by atoms with Crippen molar-refractivity contribution in [3.8, 4) is 21.8 Å². The second kappa shape index (κ2) is 21.2. The molecule has 2 aromatic carbocycles. The van der Waals surface area contributed by atoms with E-state index >= 15 is 0 Å². The van der Waals surface area contributed by atoms with E-state index in [1.807, 2.05) is 17.5 Å². The van der Waals surface area contributed by atoms with Gasteiger partial charge < -0.3 is 36.5 Å². The number of methoxy groups -OCH3 is 2. The van der Waals surface area contributed by atoms with Gasteiger partial charge >= 0.3 is 0 Å². The highest BCUT2D eigenvalue weighted by molar-refractivity contribution is 7.80. The van der Waals surface area contributed by atoms with Gasteiger partial charge in [-0.25, -0.2) is 23.7 Å². The standard InChI is InChI=1S/C22H20ClFN6OS.C15H17ClFN5OS/c1-31-10-2-7-26-20-16(21-29-19(13-32-21)14-5-8-25-9-6-14)12-27-22(30-20)28-15-3-4-18(24)17(23)11-15;1-23-6-2-5-19-14-10(13(18)24)8-20-15(22-14)21-9-3-4-12(17)11(16)7-9/h3-6,8-9,11-13H,2,7,10H2,1H3,(H2,26,27,28,30);3-4,7-8H,2,5-6H2,1H3,(H2,18,24)(H2,19,20,21,22). The number of nitrogens with one attached hydrogen (secondary N) is 4. The van der Waals surface area contributed by atoms with Crippen LogP contribution in [0.1, 0.15) is 18.4 Å². The molecule has 6 rings (SSSR count). The average molecular weight is 841 g/mol. The number of ether oxygens (including phenoxy) is 2. The third kappa shape index (κ3) is 12.2. The number of halogens is 4. The maximum Gasteiger partial charge on any atom is 0.229 e. The minimum absolute atomic E-state index is 0.0117. The molecule has 4 heterocycles. The summed E-state index contributed by atoms with van der Waals surface area (Å²) in [6.45, 7) is 2.57. The number of rotatable bonds is 17. The molecule has 0 fully saturated rings. The number of hydrogen-bond donors (Lipinski definition) is 5. The third-order valence-electron chi connectivity index (χ3n) is 7.54. The lowest BCUT2D eigenvalue weighted by atomic mass is 10.2. The highest BCUT2D eigenvalue weighted by atomic mass is 35.5. The maximum atomic E-state index is 13.4. The largest absolute Gasteiger partial charge is 0.389 e. The number of benzene rings is 2. The van der Waals surface area contributed by atoms with Crippen molar-refractivity contribution >= 4 is 86.7 Å². The number of anilines is 6. The Labute approximate surface area is 341 Å². The van der Waals surface area contributed by atoms with E-state index in [2.05, 4.69) is 46.2 Å². The fourth-order valence-electron chi connectivity index (χ4n) is 4.80. The summed E-state index contributed by atoms with van der Waals surface area (Å²) >= 11 is 18.2. The lowest BCUT2D eigenvalue weighted by molar-refractivity contribution is 0.197. The Morgan fingerprint density at radius 2 is 1.34 bits per heavy atom. The maximum absolute atomic E-state index is 13.4. The Bertz CT molecular complexity index is 2220. The number of hydrogen-bond acceptors (Lipinski definition) is 14. The molecule has 0 radical (unpaired) electrons. The summed E-state index contributed by atoms with van der Waals surface area (Å²) in [7, 11) is 3.31. The van der Waals surface area contributed by atoms with Gasteiger partial charge in [0.2, 0.25) is 11.9 Å². The van der Waals surface area contributed by atoms with Crippen molar-refractivity contribution < 1.29 is 18.3 Å². The molecule has 0 aliphatic carbocycles. The van der Waals surface area contributed by atoms with Crippen LogP contribution >= 0.6 is 46.8 Å². The van der Waals surface area contributed by atoms with E-state index in [-0.39, 0.29) is 15.0 Å². The van der Waals surface area contributed by atoms with Crippen LogP contribution in [0, 0.1) is 11.6 Å². The van der Waals surface area contributed by atoms with Crippen molar-refractivity contribution in [1.29, 1.82) is 0 Å². The zero-order chi connectivity index (χ0) is 39.9. The van der Waals surface area contributed by atoms with Crippen molar-refractivity contribution in [2.24, 2.45) is 5.73 Å². The Balaban J connectivity index is 0.000000224. The second-order valence-electron chi connectivity index (χ2n) is 11.6. The predicted octanol–water partition coefficient (Wildman–Crippen LogP) is 8.74. The molecule has 0 aliphatic rings. The molecule has 0 spiro atoms. The SMILES string of the molecule is COCCCNc1nc(Nc2ccc(F)c(Cl)c2)ncc1-c1nc(-c2ccncc2)cs1.COCCCNc1nc(Nc2ccc(F)c(Cl)c2)ncc1C(N)=S. The first-order valence-electron chi connectivity index (χ1n) is 16.9. The highest BCUT2D eigenvalue weighted by Crippen LogP contribution is 2.33. The highest BCUT2D eigenvalue weighted by Gasteiger charge is 2.15. The molecule has 6 aromatic rings. The van der Waals surface area contributed by atoms with Gasteiger partial charge in [-0.3, -0.25) is 4.98 Å². The van der Waals surface area contributed by atoms with Crippen LogP contribution in [0.2, 0.25) is 10.0 Å². The summed E-state index contributed by atoms with van der Waals surface area (Å²) in [5.41, 5.74) is 10.0. The molecule has 0 amide bonds. The molecule has 0 unspecified atom stereocenters. The van der Waals surface area contributed by atoms with Crippen LogP contribution in [0.15, 0.2) is 78.7 Å². The summed E-state index contributed by atoms with van der Waals surface area (Å²) in [6, 6.07) is 12.4. The van der Waals surface area contributed by atoms with E-state index < -0.39 is 11.6 Å². The average Bonchev–Trinajstić information content (AvgIpc) is 3.69. The molecule has 0 atom stereocenters. The molecular weight excluding hydrogens is 804 g/mol. The van der Waals surface area contributed by atoms with Crippen LogP contribution in [0.5, 0.6) is 0 Å². The van der Waals surface area contributed by atoms with E-state index in [1.165, 1.54) is 47.9 Å². The Hall–Kier alpha value is -5.17. The number of nitrogens with zero attached hydrogens (tertiary/aromatic N) is 6. The number of nitrogens with two attached hydrogens (primary N) is 1. The molecule has 4 aromatic heterocycles. The molecule has 0 aliphatic heterocycles. The minimum atomic E-state index is -0.493. The summed E-state index contributed by atoms with van der Waals surface area (Å²) in [5.74, 6) is 0.852. The first kappa shape index (κ1) is 42.0. The van der Waals surface area contributed by atoms with Crippen molar-refractivity contribution in [3.05, 3.63) is 106 Å². The van der Waals surface area contributed by atoms with Gasteiger partial charge in [0.15, 0.2) is 0 Å². The van der Waals surface area contributed by atoms with Gasteiger partial charge in [-0.2, -0.15) is 9.97 Å². The molecule has 56 heavy (non-hydrogen) atoms. The summed E-state index contributed by atoms with van der Waals surface area (Å²) in [5, 5.41) is 15.3. The van der Waals surface area contributed by atoms with Crippen LogP contribution in [-0.2, 0) is 9.47 Å². The van der Waals surface area contributed by atoms with Crippen molar-refractivity contribution in [3.63, 3.8) is 0 Å². The predicted molar refractivity (Wildman–Crippen MR) is 224 cm³/mol. The first-order valence-corrected chi connectivity index (χ1v) is 19.0. The Morgan fingerprint density at radius 3 is 1.89 bits per heavy atom. The third-order valence-corrected chi connectivity index (χ3v) is 9.22. The van der Waals surface area contributed by atoms with E-state index in [0.29, 0.717) is 66.8 Å². The van der Waals surface area contributed by atoms with Crippen LogP contribution in [0.25, 0.3) is 21.8 Å². The van der Waals surface area contributed by atoms with Gasteiger partial charge in [-0.1, -0.05) is 35.4 Å². The minimum Gasteiger partial charge on any atom is -0.389 e. The second-order valence-corrected chi connectivity index (χ2v) is 13.7. The van der Waals surface area contributed by atoms with Gasteiger partial charge in [0.1, 0.15) is 33.3 Å². The van der Waals surface area contributed by atoms with E-state index in [1.54, 1.807) is 38.9 Å². The molecule has 19 heteroatoms. The van der Waals surface area contributed by atoms with Crippen molar-refractivity contribution in [1.82, 2.24) is 29.9 Å². The monoisotopic (exact) mass is 839 g/mol. The number of aromatic nitrogens is 6. The Kier molecular flexibility index (Phi) is 15.9. The molecular formula is C37H37Cl2F2N11O2S2. The molecule has 0 bridgehead atoms.